The van der Waals surface area contributed by atoms with Gasteiger partial charge in [0.1, 0.15) is 5.76 Å². The number of hydrogen-bond donors (Lipinski definition) is 2. The van der Waals surface area contributed by atoms with Crippen molar-refractivity contribution in [1.29, 1.82) is 0 Å². The van der Waals surface area contributed by atoms with Gasteiger partial charge < -0.3 is 15.2 Å². The number of nitrogens with zero attached hydrogens (tertiary/aromatic N) is 1. The highest BCUT2D eigenvalue weighted by molar-refractivity contribution is 7.99. The molecule has 1 aromatic heterocycles. The third-order valence-electron chi connectivity index (χ3n) is 4.27. The van der Waals surface area contributed by atoms with Gasteiger partial charge in [0.05, 0.1) is 11.7 Å². The van der Waals surface area contributed by atoms with Crippen molar-refractivity contribution < 1.29 is 9.32 Å². The standard InChI is InChI=1S/C16H27N3O2S/c1-5-22-14-9-7-6-8-13(14)18-16(20)17-10(2)15-11(3)19-21-12(15)4/h10,13-14H,5-9H2,1-4H3,(H2,17,18,20)/t10-,13-,14+/m0/s1. The highest BCUT2D eigenvalue weighted by atomic mass is 32.2. The van der Waals surface area contributed by atoms with Crippen molar-refractivity contribution in [2.24, 2.45) is 0 Å². The highest BCUT2D eigenvalue weighted by Crippen LogP contribution is 2.28. The first-order valence-electron chi connectivity index (χ1n) is 8.14. The van der Waals surface area contributed by atoms with Gasteiger partial charge in [-0.05, 0) is 39.4 Å². The van der Waals surface area contributed by atoms with E-state index in [0.717, 1.165) is 29.2 Å². The normalized spacial score (nSPS) is 23.1. The van der Waals surface area contributed by atoms with Crippen molar-refractivity contribution in [2.75, 3.05) is 5.75 Å². The van der Waals surface area contributed by atoms with Gasteiger partial charge in [-0.1, -0.05) is 24.9 Å². The first-order valence-corrected chi connectivity index (χ1v) is 9.19. The molecule has 1 saturated carbocycles. The van der Waals surface area contributed by atoms with E-state index < -0.39 is 0 Å². The van der Waals surface area contributed by atoms with E-state index in [1.807, 2.05) is 32.5 Å². The van der Waals surface area contributed by atoms with Crippen LogP contribution in [0.1, 0.15) is 62.6 Å². The Morgan fingerprint density at radius 1 is 1.41 bits per heavy atom. The molecule has 6 heteroatoms. The summed E-state index contributed by atoms with van der Waals surface area (Å²) in [5, 5.41) is 10.7. The van der Waals surface area contributed by atoms with Crippen LogP contribution in [0.4, 0.5) is 4.79 Å². The molecular weight excluding hydrogens is 298 g/mol. The molecule has 1 aliphatic rings. The molecule has 5 nitrogen and oxygen atoms in total. The quantitative estimate of drug-likeness (QED) is 0.866. The first-order chi connectivity index (χ1) is 10.5. The van der Waals surface area contributed by atoms with E-state index in [1.54, 1.807) is 0 Å². The van der Waals surface area contributed by atoms with Crippen LogP contribution >= 0.6 is 11.8 Å². The lowest BCUT2D eigenvalue weighted by molar-refractivity contribution is 0.230. The summed E-state index contributed by atoms with van der Waals surface area (Å²) in [5.41, 5.74) is 1.81. The van der Waals surface area contributed by atoms with E-state index in [0.29, 0.717) is 5.25 Å². The fourth-order valence-electron chi connectivity index (χ4n) is 3.26. The Hall–Kier alpha value is -1.17. The summed E-state index contributed by atoms with van der Waals surface area (Å²) in [4.78, 5) is 12.3. The minimum absolute atomic E-state index is 0.0962. The smallest absolute Gasteiger partial charge is 0.315 e. The number of rotatable bonds is 5. The van der Waals surface area contributed by atoms with E-state index in [4.69, 9.17) is 4.52 Å². The van der Waals surface area contributed by atoms with Gasteiger partial charge in [-0.2, -0.15) is 11.8 Å². The summed E-state index contributed by atoms with van der Waals surface area (Å²) in [6, 6.07) is 0.0730. The lowest BCUT2D eigenvalue weighted by Crippen LogP contribution is -2.48. The topological polar surface area (TPSA) is 67.2 Å². The first kappa shape index (κ1) is 17.2. The molecule has 1 aromatic rings. The van der Waals surface area contributed by atoms with Gasteiger partial charge in [0.2, 0.25) is 0 Å². The van der Waals surface area contributed by atoms with Crippen LogP contribution in [0.15, 0.2) is 4.52 Å². The summed E-state index contributed by atoms with van der Waals surface area (Å²) < 4.78 is 5.17. The Labute approximate surface area is 137 Å². The zero-order valence-electron chi connectivity index (χ0n) is 13.9. The lowest BCUT2D eigenvalue weighted by atomic mass is 9.95. The fraction of sp³-hybridized carbons (Fsp3) is 0.750. The predicted octanol–water partition coefficient (Wildman–Crippen LogP) is 3.72. The second-order valence-electron chi connectivity index (χ2n) is 5.96. The third-order valence-corrected chi connectivity index (χ3v) is 5.59. The number of nitrogens with one attached hydrogen (secondary N) is 2. The zero-order chi connectivity index (χ0) is 16.1. The number of carbonyl (C=O) groups excluding carboxylic acids is 1. The Bertz CT molecular complexity index is 482. The van der Waals surface area contributed by atoms with E-state index in [2.05, 4.69) is 22.7 Å². The van der Waals surface area contributed by atoms with Gasteiger partial charge in [-0.25, -0.2) is 4.79 Å². The van der Waals surface area contributed by atoms with Crippen molar-refractivity contribution >= 4 is 17.8 Å². The number of aryl methyl sites for hydroxylation is 2. The van der Waals surface area contributed by atoms with Crippen LogP contribution in [-0.2, 0) is 0 Å². The minimum atomic E-state index is -0.105. The SMILES string of the molecule is CCS[C@@H]1CCCC[C@@H]1NC(=O)N[C@@H](C)c1c(C)noc1C. The Balaban J connectivity index is 1.91. The van der Waals surface area contributed by atoms with Gasteiger partial charge in [0.15, 0.2) is 0 Å². The molecule has 0 unspecified atom stereocenters. The van der Waals surface area contributed by atoms with Crippen molar-refractivity contribution in [1.82, 2.24) is 15.8 Å². The second-order valence-corrected chi connectivity index (χ2v) is 7.48. The van der Waals surface area contributed by atoms with E-state index in [1.165, 1.54) is 19.3 Å². The summed E-state index contributed by atoms with van der Waals surface area (Å²) in [5.74, 6) is 1.86. The van der Waals surface area contributed by atoms with E-state index >= 15 is 0 Å². The van der Waals surface area contributed by atoms with Gasteiger partial charge in [-0.3, -0.25) is 0 Å². The van der Waals surface area contributed by atoms with Crippen LogP contribution in [-0.4, -0.2) is 28.2 Å². The molecule has 0 radical (unpaired) electrons. The molecule has 1 aliphatic carbocycles. The molecule has 1 heterocycles. The average molecular weight is 325 g/mol. The van der Waals surface area contributed by atoms with Crippen LogP contribution in [0, 0.1) is 13.8 Å². The number of amides is 2. The fourth-order valence-corrected chi connectivity index (χ4v) is 4.46. The molecule has 2 amide bonds. The molecule has 124 valence electrons. The third kappa shape index (κ3) is 4.18. The monoisotopic (exact) mass is 325 g/mol. The van der Waals surface area contributed by atoms with Gasteiger partial charge in [0.25, 0.3) is 0 Å². The van der Waals surface area contributed by atoms with Gasteiger partial charge >= 0.3 is 6.03 Å². The molecule has 3 atom stereocenters. The molecule has 0 aliphatic heterocycles. The minimum Gasteiger partial charge on any atom is -0.361 e. The summed E-state index contributed by atoms with van der Waals surface area (Å²) >= 11 is 1.96. The van der Waals surface area contributed by atoms with Crippen molar-refractivity contribution in [3.63, 3.8) is 0 Å². The van der Waals surface area contributed by atoms with E-state index in [9.17, 15) is 4.79 Å². The second kappa shape index (κ2) is 7.90. The molecule has 0 saturated heterocycles. The van der Waals surface area contributed by atoms with Crippen LogP contribution in [0.2, 0.25) is 0 Å². The van der Waals surface area contributed by atoms with Crippen molar-refractivity contribution in [2.45, 2.75) is 70.7 Å². The number of carbonyl (C=O) groups is 1. The molecular formula is C16H27N3O2S. The Morgan fingerprint density at radius 2 is 2.14 bits per heavy atom. The average Bonchev–Trinajstić information content (AvgIpc) is 2.80. The molecule has 0 aromatic carbocycles. The molecule has 1 fully saturated rings. The maximum Gasteiger partial charge on any atom is 0.315 e. The largest absolute Gasteiger partial charge is 0.361 e. The maximum atomic E-state index is 12.3. The molecule has 0 spiro atoms. The van der Waals surface area contributed by atoms with Crippen LogP contribution in [0.25, 0.3) is 0 Å². The van der Waals surface area contributed by atoms with Crippen LogP contribution in [0.3, 0.4) is 0 Å². The number of urea groups is 1. The predicted molar refractivity (Wildman–Crippen MR) is 90.2 cm³/mol. The van der Waals surface area contributed by atoms with Gasteiger partial charge in [-0.15, -0.1) is 0 Å². The van der Waals surface area contributed by atoms with Gasteiger partial charge in [0, 0.05) is 16.9 Å². The Morgan fingerprint density at radius 3 is 2.77 bits per heavy atom. The maximum absolute atomic E-state index is 12.3. The molecule has 2 N–H and O–H groups in total. The van der Waals surface area contributed by atoms with Crippen molar-refractivity contribution in [3.8, 4) is 0 Å². The summed E-state index contributed by atoms with van der Waals surface area (Å²) in [6.07, 6.45) is 4.74. The molecule has 2 rings (SSSR count). The summed E-state index contributed by atoms with van der Waals surface area (Å²) in [7, 11) is 0. The molecule has 22 heavy (non-hydrogen) atoms. The number of hydrogen-bond acceptors (Lipinski definition) is 4. The zero-order valence-corrected chi connectivity index (χ0v) is 14.8. The Kier molecular flexibility index (Phi) is 6.17. The van der Waals surface area contributed by atoms with E-state index in [-0.39, 0.29) is 18.1 Å². The van der Waals surface area contributed by atoms with Crippen LogP contribution < -0.4 is 10.6 Å². The highest BCUT2D eigenvalue weighted by Gasteiger charge is 2.27. The summed E-state index contributed by atoms with van der Waals surface area (Å²) in [6.45, 7) is 7.92. The lowest BCUT2D eigenvalue weighted by Gasteiger charge is -2.32. The number of aromatic nitrogens is 1. The van der Waals surface area contributed by atoms with Crippen molar-refractivity contribution in [3.05, 3.63) is 17.0 Å². The number of thioether (sulfide) groups is 1. The molecule has 0 bridgehead atoms. The van der Waals surface area contributed by atoms with Crippen LogP contribution in [0.5, 0.6) is 0 Å².